The van der Waals surface area contributed by atoms with Crippen molar-refractivity contribution in [2.45, 2.75) is 12.5 Å². The first-order valence-corrected chi connectivity index (χ1v) is 7.29. The molecule has 0 saturated heterocycles. The number of pyridine rings is 1. The monoisotopic (exact) mass is 327 g/mol. The van der Waals surface area contributed by atoms with Crippen molar-refractivity contribution in [3.05, 3.63) is 76.5 Å². The second-order valence-electron chi connectivity index (χ2n) is 4.76. The van der Waals surface area contributed by atoms with E-state index in [0.717, 1.165) is 26.4 Å². The van der Waals surface area contributed by atoms with Crippen molar-refractivity contribution in [2.24, 2.45) is 0 Å². The molecule has 3 aromatic rings. The zero-order valence-corrected chi connectivity index (χ0v) is 12.4. The molecule has 1 unspecified atom stereocenters. The van der Waals surface area contributed by atoms with Gasteiger partial charge in [-0.15, -0.1) is 0 Å². The number of hydrogen-bond donors (Lipinski definition) is 1. The van der Waals surface area contributed by atoms with E-state index in [1.54, 1.807) is 6.20 Å². The molecule has 1 heterocycles. The Balaban J connectivity index is 1.97. The van der Waals surface area contributed by atoms with Crippen molar-refractivity contribution in [3.8, 4) is 0 Å². The van der Waals surface area contributed by atoms with E-state index < -0.39 is 6.10 Å². The molecule has 20 heavy (non-hydrogen) atoms. The standard InChI is InChI=1S/C17H14BrNO/c18-16-7-2-1-4-13(16)10-17(20)14-6-3-5-12-8-9-19-11-15(12)14/h1-9,11,17,20H,10H2. The average molecular weight is 328 g/mol. The molecule has 3 rings (SSSR count). The van der Waals surface area contributed by atoms with Crippen LogP contribution in [0.4, 0.5) is 0 Å². The Morgan fingerprint density at radius 2 is 1.90 bits per heavy atom. The summed E-state index contributed by atoms with van der Waals surface area (Å²) in [6.07, 6.45) is 3.62. The van der Waals surface area contributed by atoms with E-state index in [-0.39, 0.29) is 0 Å². The summed E-state index contributed by atoms with van der Waals surface area (Å²) in [5.41, 5.74) is 2.02. The summed E-state index contributed by atoms with van der Waals surface area (Å²) in [4.78, 5) is 4.16. The van der Waals surface area contributed by atoms with Gasteiger partial charge >= 0.3 is 0 Å². The highest BCUT2D eigenvalue weighted by molar-refractivity contribution is 9.10. The van der Waals surface area contributed by atoms with Gasteiger partial charge in [0.1, 0.15) is 0 Å². The lowest BCUT2D eigenvalue weighted by Gasteiger charge is -2.14. The molecule has 3 heteroatoms. The number of nitrogens with zero attached hydrogens (tertiary/aromatic N) is 1. The second kappa shape index (κ2) is 5.73. The molecule has 0 bridgehead atoms. The highest BCUT2D eigenvalue weighted by Gasteiger charge is 2.13. The van der Waals surface area contributed by atoms with Gasteiger partial charge in [0.15, 0.2) is 0 Å². The molecule has 2 aromatic carbocycles. The smallest absolute Gasteiger partial charge is 0.0837 e. The van der Waals surface area contributed by atoms with Crippen molar-refractivity contribution in [3.63, 3.8) is 0 Å². The molecule has 0 fully saturated rings. The normalized spacial score (nSPS) is 12.5. The van der Waals surface area contributed by atoms with Crippen LogP contribution in [0, 0.1) is 0 Å². The maximum Gasteiger partial charge on any atom is 0.0837 e. The van der Waals surface area contributed by atoms with Crippen LogP contribution in [0.3, 0.4) is 0 Å². The molecule has 0 aliphatic rings. The van der Waals surface area contributed by atoms with Crippen LogP contribution in [0.1, 0.15) is 17.2 Å². The van der Waals surface area contributed by atoms with Crippen molar-refractivity contribution in [2.75, 3.05) is 0 Å². The molecule has 1 atom stereocenters. The number of aromatic nitrogens is 1. The summed E-state index contributed by atoms with van der Waals surface area (Å²) < 4.78 is 1.03. The zero-order chi connectivity index (χ0) is 13.9. The number of halogens is 1. The molecule has 100 valence electrons. The molecular formula is C17H14BrNO. The van der Waals surface area contributed by atoms with Crippen LogP contribution in [-0.4, -0.2) is 10.1 Å². The first-order chi connectivity index (χ1) is 9.75. The lowest BCUT2D eigenvalue weighted by molar-refractivity contribution is 0.180. The Bertz CT molecular complexity index is 736. The maximum absolute atomic E-state index is 10.5. The molecule has 0 aliphatic heterocycles. The summed E-state index contributed by atoms with van der Waals surface area (Å²) in [5.74, 6) is 0. The lowest BCUT2D eigenvalue weighted by atomic mass is 9.97. The summed E-state index contributed by atoms with van der Waals surface area (Å²) in [7, 11) is 0. The van der Waals surface area contributed by atoms with Crippen LogP contribution in [0.25, 0.3) is 10.8 Å². The van der Waals surface area contributed by atoms with E-state index >= 15 is 0 Å². The first kappa shape index (κ1) is 13.3. The van der Waals surface area contributed by atoms with Gasteiger partial charge in [-0.25, -0.2) is 0 Å². The number of fused-ring (bicyclic) bond motifs is 1. The van der Waals surface area contributed by atoms with Crippen LogP contribution >= 0.6 is 15.9 Å². The van der Waals surface area contributed by atoms with Crippen molar-refractivity contribution in [1.29, 1.82) is 0 Å². The topological polar surface area (TPSA) is 33.1 Å². The van der Waals surface area contributed by atoms with Crippen molar-refractivity contribution >= 4 is 26.7 Å². The summed E-state index contributed by atoms with van der Waals surface area (Å²) in [6, 6.07) is 15.9. The van der Waals surface area contributed by atoms with Gasteiger partial charge in [-0.2, -0.15) is 0 Å². The molecule has 0 radical (unpaired) electrons. The largest absolute Gasteiger partial charge is 0.388 e. The molecule has 0 amide bonds. The average Bonchev–Trinajstić information content (AvgIpc) is 2.49. The second-order valence-corrected chi connectivity index (χ2v) is 5.61. The van der Waals surface area contributed by atoms with Gasteiger partial charge in [0, 0.05) is 28.7 Å². The lowest BCUT2D eigenvalue weighted by Crippen LogP contribution is -2.03. The Kier molecular flexibility index (Phi) is 3.81. The van der Waals surface area contributed by atoms with Crippen molar-refractivity contribution < 1.29 is 5.11 Å². The van der Waals surface area contributed by atoms with Gasteiger partial charge < -0.3 is 5.11 Å². The third-order valence-electron chi connectivity index (χ3n) is 3.45. The van der Waals surface area contributed by atoms with Crippen LogP contribution < -0.4 is 0 Å². The Hall–Kier alpha value is -1.71. The Morgan fingerprint density at radius 1 is 1.05 bits per heavy atom. The SMILES string of the molecule is OC(Cc1ccccc1Br)c1cccc2ccncc12. The predicted molar refractivity (Wildman–Crippen MR) is 84.5 cm³/mol. The van der Waals surface area contributed by atoms with Crippen molar-refractivity contribution in [1.82, 2.24) is 4.98 Å². The van der Waals surface area contributed by atoms with Crippen LogP contribution in [0.5, 0.6) is 0 Å². The van der Waals surface area contributed by atoms with Crippen LogP contribution in [-0.2, 0) is 6.42 Å². The van der Waals surface area contributed by atoms with Gasteiger partial charge in [0.2, 0.25) is 0 Å². The molecule has 2 nitrogen and oxygen atoms in total. The minimum atomic E-state index is -0.540. The van der Waals surface area contributed by atoms with Gasteiger partial charge in [0.25, 0.3) is 0 Å². The molecule has 0 aliphatic carbocycles. The third-order valence-corrected chi connectivity index (χ3v) is 4.22. The summed E-state index contributed by atoms with van der Waals surface area (Å²) in [6.45, 7) is 0. The minimum Gasteiger partial charge on any atom is -0.388 e. The van der Waals surface area contributed by atoms with Gasteiger partial charge in [-0.05, 0) is 28.6 Å². The highest BCUT2D eigenvalue weighted by Crippen LogP contribution is 2.28. The number of aliphatic hydroxyl groups excluding tert-OH is 1. The third kappa shape index (κ3) is 2.60. The number of hydrogen-bond acceptors (Lipinski definition) is 2. The van der Waals surface area contributed by atoms with E-state index in [4.69, 9.17) is 0 Å². The highest BCUT2D eigenvalue weighted by atomic mass is 79.9. The summed E-state index contributed by atoms with van der Waals surface area (Å²) >= 11 is 3.52. The van der Waals surface area contributed by atoms with Crippen LogP contribution in [0.15, 0.2) is 65.4 Å². The minimum absolute atomic E-state index is 0.540. The first-order valence-electron chi connectivity index (χ1n) is 6.50. The number of benzene rings is 2. The fourth-order valence-corrected chi connectivity index (χ4v) is 2.86. The van der Waals surface area contributed by atoms with E-state index in [2.05, 4.69) is 20.9 Å². The molecule has 1 N–H and O–H groups in total. The maximum atomic E-state index is 10.5. The van der Waals surface area contributed by atoms with Gasteiger partial charge in [-0.3, -0.25) is 4.98 Å². The molecule has 1 aromatic heterocycles. The van der Waals surface area contributed by atoms with E-state index in [1.807, 2.05) is 54.7 Å². The quantitative estimate of drug-likeness (QED) is 0.779. The molecule has 0 saturated carbocycles. The Morgan fingerprint density at radius 3 is 2.75 bits per heavy atom. The Labute approximate surface area is 126 Å². The fourth-order valence-electron chi connectivity index (χ4n) is 2.41. The predicted octanol–water partition coefficient (Wildman–Crippen LogP) is 4.27. The number of aliphatic hydroxyl groups is 1. The zero-order valence-electron chi connectivity index (χ0n) is 10.8. The van der Waals surface area contributed by atoms with Crippen LogP contribution in [0.2, 0.25) is 0 Å². The van der Waals surface area contributed by atoms with Gasteiger partial charge in [-0.1, -0.05) is 52.3 Å². The van der Waals surface area contributed by atoms with Gasteiger partial charge in [0.05, 0.1) is 6.10 Å². The fraction of sp³-hybridized carbons (Fsp3) is 0.118. The van der Waals surface area contributed by atoms with E-state index in [1.165, 1.54) is 0 Å². The molecule has 0 spiro atoms. The van der Waals surface area contributed by atoms with E-state index in [9.17, 15) is 5.11 Å². The number of rotatable bonds is 3. The summed E-state index contributed by atoms with van der Waals surface area (Å²) in [5, 5.41) is 12.7. The van der Waals surface area contributed by atoms with E-state index in [0.29, 0.717) is 6.42 Å². The molecular weight excluding hydrogens is 314 g/mol.